The molecule has 1 atom stereocenters. The van der Waals surface area contributed by atoms with Gasteiger partial charge in [0.25, 0.3) is 0 Å². The third kappa shape index (κ3) is 5.50. The minimum atomic E-state index is -3.42. The quantitative estimate of drug-likeness (QED) is 0.489. The topological polar surface area (TPSA) is 119 Å². The number of sulfone groups is 1. The summed E-state index contributed by atoms with van der Waals surface area (Å²) in [4.78, 5) is 8.44. The Kier molecular flexibility index (Phi) is 7.10. The van der Waals surface area contributed by atoms with Crippen molar-refractivity contribution in [3.05, 3.63) is 36.3 Å². The Bertz CT molecular complexity index is 1240. The van der Waals surface area contributed by atoms with Gasteiger partial charge in [0.05, 0.1) is 24.4 Å². The maximum absolute atomic E-state index is 12.3. The summed E-state index contributed by atoms with van der Waals surface area (Å²) in [5.41, 5.74) is 3.16. The molecule has 0 bridgehead atoms. The molecule has 1 aliphatic rings. The van der Waals surface area contributed by atoms with E-state index in [1.165, 1.54) is 12.3 Å². The normalized spacial score (nSPS) is 20.1. The molecule has 0 saturated heterocycles. The van der Waals surface area contributed by atoms with Crippen LogP contribution in [0.1, 0.15) is 44.2 Å². The third-order valence-corrected chi connectivity index (χ3v) is 6.94. The van der Waals surface area contributed by atoms with Gasteiger partial charge < -0.3 is 15.2 Å². The molecule has 0 aromatic carbocycles. The molecule has 0 amide bonds. The fourth-order valence-electron chi connectivity index (χ4n) is 4.21. The van der Waals surface area contributed by atoms with Gasteiger partial charge in [-0.2, -0.15) is 8.78 Å². The molecule has 34 heavy (non-hydrogen) atoms. The number of alkyl halides is 2. The predicted octanol–water partition coefficient (Wildman–Crippen LogP) is 3.25. The van der Waals surface area contributed by atoms with Crippen LogP contribution in [-0.2, 0) is 14.6 Å². The Labute approximate surface area is 196 Å². The molecule has 3 aromatic heterocycles. The molecule has 1 aliphatic carbocycles. The van der Waals surface area contributed by atoms with Crippen molar-refractivity contribution < 1.29 is 27.0 Å². The first-order valence-electron chi connectivity index (χ1n) is 11.0. The molecule has 0 unspecified atom stereocenters. The molecule has 0 radical (unpaired) electrons. The number of hydrogen-bond donors (Lipinski definition) is 2. The highest BCUT2D eigenvalue weighted by molar-refractivity contribution is 7.90. The summed E-state index contributed by atoms with van der Waals surface area (Å²) in [5.74, 6) is 0.429. The zero-order valence-electron chi connectivity index (χ0n) is 18.9. The molecule has 2 N–H and O–H groups in total. The molecule has 3 aromatic rings. The zero-order chi connectivity index (χ0) is 24.5. The van der Waals surface area contributed by atoms with Crippen molar-refractivity contribution in [1.29, 1.82) is 0 Å². The van der Waals surface area contributed by atoms with Gasteiger partial charge in [-0.05, 0) is 50.8 Å². The van der Waals surface area contributed by atoms with Crippen LogP contribution >= 0.6 is 0 Å². The molecule has 4 rings (SSSR count). The summed E-state index contributed by atoms with van der Waals surface area (Å²) in [6.07, 6.45) is 6.91. The van der Waals surface area contributed by atoms with E-state index in [2.05, 4.69) is 25.1 Å². The van der Waals surface area contributed by atoms with Crippen LogP contribution in [0.5, 0.6) is 0 Å². The van der Waals surface area contributed by atoms with E-state index >= 15 is 0 Å². The number of anilines is 1. The monoisotopic (exact) mass is 495 g/mol. The summed E-state index contributed by atoms with van der Waals surface area (Å²) in [6.45, 7) is -1.37. The van der Waals surface area contributed by atoms with E-state index < -0.39 is 22.5 Å². The first-order chi connectivity index (χ1) is 16.1. The third-order valence-electron chi connectivity index (χ3n) is 5.93. The van der Waals surface area contributed by atoms with Gasteiger partial charge in [0, 0.05) is 41.2 Å². The Morgan fingerprint density at radius 1 is 1.21 bits per heavy atom. The Morgan fingerprint density at radius 2 is 1.94 bits per heavy atom. The predicted molar refractivity (Wildman–Crippen MR) is 122 cm³/mol. The number of aliphatic hydroxyl groups is 1. The van der Waals surface area contributed by atoms with Crippen LogP contribution in [0.15, 0.2) is 35.6 Å². The van der Waals surface area contributed by atoms with Gasteiger partial charge >= 0.3 is 6.61 Å². The molecular formula is C22H27F2N5O4S. The number of aliphatic hydroxyl groups excluding tert-OH is 1. The lowest BCUT2D eigenvalue weighted by molar-refractivity contribution is -0.130. The molecule has 9 nitrogen and oxygen atoms in total. The van der Waals surface area contributed by atoms with Gasteiger partial charge in [0.1, 0.15) is 0 Å². The Balaban J connectivity index is 1.71. The van der Waals surface area contributed by atoms with E-state index in [-0.39, 0.29) is 29.6 Å². The minimum Gasteiger partial charge on any atom is -0.393 e. The molecule has 12 heteroatoms. The van der Waals surface area contributed by atoms with Gasteiger partial charge in [-0.25, -0.2) is 22.9 Å². The lowest BCUT2D eigenvalue weighted by Gasteiger charge is -2.25. The fraction of sp³-hybridized carbons (Fsp3) is 0.500. The lowest BCUT2D eigenvalue weighted by Crippen LogP contribution is -2.25. The Morgan fingerprint density at radius 3 is 2.56 bits per heavy atom. The summed E-state index contributed by atoms with van der Waals surface area (Å²) in [5, 5.41) is 17.5. The van der Waals surface area contributed by atoms with Crippen LogP contribution in [0.2, 0.25) is 0 Å². The number of fused-ring (bicyclic) bond motifs is 1. The first kappa shape index (κ1) is 24.4. The number of nitrogens with one attached hydrogen (secondary N) is 1. The number of halogens is 2. The molecule has 3 heterocycles. The number of rotatable bonds is 8. The van der Waals surface area contributed by atoms with E-state index in [1.807, 2.05) is 6.07 Å². The number of pyridine rings is 1. The van der Waals surface area contributed by atoms with Crippen LogP contribution in [0, 0.1) is 0 Å². The second kappa shape index (κ2) is 9.88. The SMILES string of the molecule is C[C@@H](COC(F)F)Nc1ncc2c(-c3ccc(S(C)(=O)=O)nc3)cc(C3CCC(O)CC3)n2n1. The average Bonchev–Trinajstić information content (AvgIpc) is 3.16. The highest BCUT2D eigenvalue weighted by Gasteiger charge is 2.26. The lowest BCUT2D eigenvalue weighted by atomic mass is 9.85. The van der Waals surface area contributed by atoms with E-state index in [0.29, 0.717) is 18.4 Å². The van der Waals surface area contributed by atoms with Crippen LogP contribution < -0.4 is 5.32 Å². The smallest absolute Gasteiger partial charge is 0.345 e. The number of hydrogen-bond acceptors (Lipinski definition) is 8. The van der Waals surface area contributed by atoms with Gasteiger partial charge in [-0.15, -0.1) is 5.10 Å². The maximum atomic E-state index is 12.3. The number of aromatic nitrogens is 4. The van der Waals surface area contributed by atoms with Crippen LogP contribution in [-0.4, -0.2) is 64.7 Å². The second-order valence-electron chi connectivity index (χ2n) is 8.66. The van der Waals surface area contributed by atoms with Crippen molar-refractivity contribution in [3.63, 3.8) is 0 Å². The van der Waals surface area contributed by atoms with Crippen molar-refractivity contribution in [3.8, 4) is 11.1 Å². The average molecular weight is 496 g/mol. The molecule has 0 spiro atoms. The first-order valence-corrected chi connectivity index (χ1v) is 12.9. The largest absolute Gasteiger partial charge is 0.393 e. The van der Waals surface area contributed by atoms with Crippen LogP contribution in [0.3, 0.4) is 0 Å². The van der Waals surface area contributed by atoms with Gasteiger partial charge in [-0.3, -0.25) is 0 Å². The van der Waals surface area contributed by atoms with Gasteiger partial charge in [0.2, 0.25) is 5.95 Å². The Hall–Kier alpha value is -2.70. The molecule has 1 saturated carbocycles. The highest BCUT2D eigenvalue weighted by Crippen LogP contribution is 2.37. The van der Waals surface area contributed by atoms with Gasteiger partial charge in [-0.1, -0.05) is 0 Å². The van der Waals surface area contributed by atoms with Crippen molar-refractivity contribution in [2.24, 2.45) is 0 Å². The van der Waals surface area contributed by atoms with Crippen LogP contribution in [0.4, 0.5) is 14.7 Å². The van der Waals surface area contributed by atoms with E-state index in [0.717, 1.165) is 35.9 Å². The summed E-state index contributed by atoms with van der Waals surface area (Å²) < 4.78 is 54.4. The number of nitrogens with zero attached hydrogens (tertiary/aromatic N) is 4. The van der Waals surface area contributed by atoms with Gasteiger partial charge in [0.15, 0.2) is 14.9 Å². The van der Waals surface area contributed by atoms with Crippen molar-refractivity contribution in [1.82, 2.24) is 19.6 Å². The minimum absolute atomic E-state index is 0.0102. The van der Waals surface area contributed by atoms with Crippen molar-refractivity contribution in [2.75, 3.05) is 18.2 Å². The summed E-state index contributed by atoms with van der Waals surface area (Å²) >= 11 is 0. The summed E-state index contributed by atoms with van der Waals surface area (Å²) in [7, 11) is -3.42. The second-order valence-corrected chi connectivity index (χ2v) is 10.6. The highest BCUT2D eigenvalue weighted by atomic mass is 32.2. The van der Waals surface area contributed by atoms with E-state index in [1.54, 1.807) is 23.7 Å². The molecular weight excluding hydrogens is 468 g/mol. The molecule has 184 valence electrons. The molecule has 1 fully saturated rings. The maximum Gasteiger partial charge on any atom is 0.345 e. The van der Waals surface area contributed by atoms with E-state index in [4.69, 9.17) is 0 Å². The number of ether oxygens (including phenoxy) is 1. The van der Waals surface area contributed by atoms with Crippen molar-refractivity contribution >= 4 is 21.3 Å². The standard InChI is InChI=1S/C22H27F2N5O4S/c1-13(12-33-21(23)24)27-22-26-11-19-17(15-5-8-20(25-10-15)34(2,31)32)9-18(29(19)28-22)14-3-6-16(30)7-4-14/h5,8-11,13-14,16,21,30H,3-4,6-7,12H2,1-2H3,(H,27,28)/t13-,14?,16?/m0/s1. The molecule has 0 aliphatic heterocycles. The fourth-order valence-corrected chi connectivity index (χ4v) is 4.77. The van der Waals surface area contributed by atoms with E-state index in [9.17, 15) is 22.3 Å². The summed E-state index contributed by atoms with van der Waals surface area (Å²) in [6, 6.07) is 4.72. The zero-order valence-corrected chi connectivity index (χ0v) is 19.7. The van der Waals surface area contributed by atoms with Crippen LogP contribution in [0.25, 0.3) is 16.6 Å². The van der Waals surface area contributed by atoms with Crippen molar-refractivity contribution in [2.45, 2.75) is 62.3 Å².